The molecule has 30 heavy (non-hydrogen) atoms. The highest BCUT2D eigenvalue weighted by atomic mass is 35.5. The number of nitrogens with one attached hydrogen (secondary N) is 1. The molecule has 2 aromatic rings. The molecule has 0 aliphatic heterocycles. The number of halogens is 1. The van der Waals surface area contributed by atoms with Crippen molar-refractivity contribution in [1.29, 1.82) is 0 Å². The first kappa shape index (κ1) is 20.9. The number of amides is 1. The molecule has 0 saturated heterocycles. The van der Waals surface area contributed by atoms with E-state index in [4.69, 9.17) is 11.6 Å². The molecule has 158 valence electrons. The highest BCUT2D eigenvalue weighted by molar-refractivity contribution is 6.30. The van der Waals surface area contributed by atoms with Crippen LogP contribution in [0, 0.1) is 11.3 Å². The summed E-state index contributed by atoms with van der Waals surface area (Å²) in [6, 6.07) is 15.2. The van der Waals surface area contributed by atoms with E-state index in [-0.39, 0.29) is 11.8 Å². The molecule has 1 atom stereocenters. The molecule has 1 unspecified atom stereocenters. The van der Waals surface area contributed by atoms with Gasteiger partial charge in [-0.25, -0.2) is 0 Å². The molecule has 0 heterocycles. The Balaban J connectivity index is 1.52. The smallest absolute Gasteiger partial charge is 0.309 e. The van der Waals surface area contributed by atoms with Crippen LogP contribution in [0.25, 0.3) is 0 Å². The Morgan fingerprint density at radius 1 is 1.07 bits per heavy atom. The summed E-state index contributed by atoms with van der Waals surface area (Å²) in [6.45, 7) is 0. The van der Waals surface area contributed by atoms with E-state index in [0.29, 0.717) is 17.4 Å². The van der Waals surface area contributed by atoms with Gasteiger partial charge in [-0.05, 0) is 73.4 Å². The molecule has 2 fully saturated rings. The second-order valence-electron chi connectivity index (χ2n) is 8.88. The van der Waals surface area contributed by atoms with Crippen LogP contribution in [0.4, 0.5) is 5.69 Å². The minimum Gasteiger partial charge on any atom is -0.481 e. The van der Waals surface area contributed by atoms with Gasteiger partial charge in [0.25, 0.3) is 0 Å². The number of carboxylic acid groups (broad SMARTS) is 1. The number of anilines is 1. The van der Waals surface area contributed by atoms with Crippen molar-refractivity contribution in [3.63, 3.8) is 0 Å². The van der Waals surface area contributed by atoms with Crippen LogP contribution in [0.3, 0.4) is 0 Å². The first-order valence-corrected chi connectivity index (χ1v) is 11.2. The van der Waals surface area contributed by atoms with Crippen LogP contribution < -0.4 is 5.32 Å². The van der Waals surface area contributed by atoms with Crippen molar-refractivity contribution >= 4 is 29.2 Å². The fourth-order valence-electron chi connectivity index (χ4n) is 5.04. The Morgan fingerprint density at radius 3 is 2.37 bits per heavy atom. The molecule has 2 N–H and O–H groups in total. The van der Waals surface area contributed by atoms with E-state index in [1.165, 1.54) is 0 Å². The van der Waals surface area contributed by atoms with Crippen molar-refractivity contribution < 1.29 is 14.7 Å². The molecule has 2 aliphatic carbocycles. The van der Waals surface area contributed by atoms with Gasteiger partial charge in [-0.1, -0.05) is 55.1 Å². The van der Waals surface area contributed by atoms with Gasteiger partial charge in [-0.2, -0.15) is 0 Å². The van der Waals surface area contributed by atoms with Gasteiger partial charge in [-0.3, -0.25) is 9.59 Å². The average Bonchev–Trinajstić information content (AvgIpc) is 3.20. The molecule has 4 rings (SSSR count). The van der Waals surface area contributed by atoms with E-state index in [1.54, 1.807) is 0 Å². The highest BCUT2D eigenvalue weighted by Crippen LogP contribution is 2.44. The lowest BCUT2D eigenvalue weighted by Gasteiger charge is -2.37. The number of hydrogen-bond acceptors (Lipinski definition) is 2. The summed E-state index contributed by atoms with van der Waals surface area (Å²) in [6.07, 6.45) is 7.36. The van der Waals surface area contributed by atoms with Crippen LogP contribution in [0.1, 0.15) is 62.0 Å². The second kappa shape index (κ2) is 8.81. The van der Waals surface area contributed by atoms with E-state index >= 15 is 0 Å². The Bertz CT molecular complexity index is 914. The monoisotopic (exact) mass is 425 g/mol. The maximum atomic E-state index is 13.3. The molecule has 2 saturated carbocycles. The van der Waals surface area contributed by atoms with Gasteiger partial charge in [0.05, 0.1) is 11.3 Å². The van der Waals surface area contributed by atoms with Gasteiger partial charge >= 0.3 is 5.97 Å². The molecule has 0 radical (unpaired) electrons. The standard InChI is InChI=1S/C25H28ClNO3/c26-20-11-9-19(10-12-20)22(18-6-1-2-7-18)23(28)27-21-8-3-5-17(15-21)16-25(24(29)30)13-4-14-25/h3,5,8-12,15,18,22H,1-2,4,6-7,13-14,16H2,(H,27,28)(H,29,30). The molecule has 1 amide bonds. The number of rotatable bonds is 7. The average molecular weight is 426 g/mol. The molecule has 2 aliphatic rings. The molecule has 0 spiro atoms. The molecular formula is C25H28ClNO3. The quantitative estimate of drug-likeness (QED) is 0.567. The predicted octanol–water partition coefficient (Wildman–Crippen LogP) is 6.05. The molecule has 4 nitrogen and oxygen atoms in total. The van der Waals surface area contributed by atoms with Gasteiger partial charge in [0, 0.05) is 10.7 Å². The molecule has 0 bridgehead atoms. The number of carbonyl (C=O) groups excluding carboxylic acids is 1. The first-order valence-electron chi connectivity index (χ1n) is 10.9. The molecule has 2 aromatic carbocycles. The summed E-state index contributed by atoms with van der Waals surface area (Å²) < 4.78 is 0. The SMILES string of the molecule is O=C(Nc1cccc(CC2(C(=O)O)CCC2)c1)C(c1ccc(Cl)cc1)C1CCCC1. The summed E-state index contributed by atoms with van der Waals surface area (Å²) in [7, 11) is 0. The van der Waals surface area contributed by atoms with Gasteiger partial charge in [0.2, 0.25) is 5.91 Å². The van der Waals surface area contributed by atoms with Crippen molar-refractivity contribution in [3.8, 4) is 0 Å². The Kier molecular flexibility index (Phi) is 6.14. The summed E-state index contributed by atoms with van der Waals surface area (Å²) in [5, 5.41) is 13.4. The van der Waals surface area contributed by atoms with E-state index in [9.17, 15) is 14.7 Å². The van der Waals surface area contributed by atoms with Crippen molar-refractivity contribution in [1.82, 2.24) is 0 Å². The minimum absolute atomic E-state index is 0.00188. The number of aliphatic carboxylic acids is 1. The first-order chi connectivity index (χ1) is 14.5. The maximum Gasteiger partial charge on any atom is 0.309 e. The van der Waals surface area contributed by atoms with Crippen LogP contribution >= 0.6 is 11.6 Å². The Labute approximate surface area is 182 Å². The third-order valence-electron chi connectivity index (χ3n) is 6.88. The Hall–Kier alpha value is -2.33. The maximum absolute atomic E-state index is 13.3. The normalized spacial score (nSPS) is 19.1. The zero-order chi connectivity index (χ0) is 21.1. The lowest BCUT2D eigenvalue weighted by Crippen LogP contribution is -2.39. The van der Waals surface area contributed by atoms with E-state index in [2.05, 4.69) is 5.32 Å². The number of benzene rings is 2. The second-order valence-corrected chi connectivity index (χ2v) is 9.32. The number of carbonyl (C=O) groups is 2. The highest BCUT2D eigenvalue weighted by Gasteiger charge is 2.44. The van der Waals surface area contributed by atoms with Crippen molar-refractivity contribution in [2.75, 3.05) is 5.32 Å². The molecular weight excluding hydrogens is 398 g/mol. The zero-order valence-electron chi connectivity index (χ0n) is 17.1. The summed E-state index contributed by atoms with van der Waals surface area (Å²) >= 11 is 6.05. The largest absolute Gasteiger partial charge is 0.481 e. The van der Waals surface area contributed by atoms with Crippen LogP contribution in [-0.4, -0.2) is 17.0 Å². The topological polar surface area (TPSA) is 66.4 Å². The van der Waals surface area contributed by atoms with Gasteiger partial charge < -0.3 is 10.4 Å². The third-order valence-corrected chi connectivity index (χ3v) is 7.14. The van der Waals surface area contributed by atoms with Gasteiger partial charge in [0.1, 0.15) is 0 Å². The summed E-state index contributed by atoms with van der Waals surface area (Å²) in [5.74, 6) is -0.588. The minimum atomic E-state index is -0.716. The van der Waals surface area contributed by atoms with Gasteiger partial charge in [-0.15, -0.1) is 0 Å². The van der Waals surface area contributed by atoms with Crippen molar-refractivity contribution in [2.45, 2.75) is 57.3 Å². The van der Waals surface area contributed by atoms with E-state index in [0.717, 1.165) is 61.8 Å². The number of carboxylic acids is 1. The fraction of sp³-hybridized carbons (Fsp3) is 0.440. The lowest BCUT2D eigenvalue weighted by atomic mass is 9.65. The molecule has 0 aromatic heterocycles. The molecule has 5 heteroatoms. The van der Waals surface area contributed by atoms with Crippen LogP contribution in [0.2, 0.25) is 5.02 Å². The van der Waals surface area contributed by atoms with Crippen molar-refractivity contribution in [3.05, 3.63) is 64.7 Å². The summed E-state index contributed by atoms with van der Waals surface area (Å²) in [4.78, 5) is 25.0. The van der Waals surface area contributed by atoms with E-state index in [1.807, 2.05) is 48.5 Å². The van der Waals surface area contributed by atoms with Crippen LogP contribution in [0.5, 0.6) is 0 Å². The summed E-state index contributed by atoms with van der Waals surface area (Å²) in [5.41, 5.74) is 2.05. The lowest BCUT2D eigenvalue weighted by molar-refractivity contribution is -0.154. The fourth-order valence-corrected chi connectivity index (χ4v) is 5.16. The number of hydrogen-bond donors (Lipinski definition) is 2. The Morgan fingerprint density at radius 2 is 1.77 bits per heavy atom. The van der Waals surface area contributed by atoms with E-state index < -0.39 is 11.4 Å². The van der Waals surface area contributed by atoms with Gasteiger partial charge in [0.15, 0.2) is 0 Å². The zero-order valence-corrected chi connectivity index (χ0v) is 17.8. The van der Waals surface area contributed by atoms with Crippen molar-refractivity contribution in [2.24, 2.45) is 11.3 Å². The van der Waals surface area contributed by atoms with Crippen LogP contribution in [-0.2, 0) is 16.0 Å². The van der Waals surface area contributed by atoms with Crippen LogP contribution in [0.15, 0.2) is 48.5 Å². The predicted molar refractivity (Wildman–Crippen MR) is 119 cm³/mol. The third kappa shape index (κ3) is 4.39.